The van der Waals surface area contributed by atoms with Gasteiger partial charge in [-0.2, -0.15) is 0 Å². The molecule has 0 aliphatic heterocycles. The summed E-state index contributed by atoms with van der Waals surface area (Å²) in [4.78, 5) is 37.0. The number of hydrogen-bond acceptors (Lipinski definition) is 7. The number of nitrogens with zero attached hydrogens (tertiary/aromatic N) is 1. The van der Waals surface area contributed by atoms with E-state index < -0.39 is 18.1 Å². The van der Waals surface area contributed by atoms with E-state index in [1.807, 2.05) is 6.08 Å². The summed E-state index contributed by atoms with van der Waals surface area (Å²) in [5.41, 5.74) is 0. The predicted molar refractivity (Wildman–Crippen MR) is 258 cm³/mol. The first kappa shape index (κ1) is 58.0. The van der Waals surface area contributed by atoms with Gasteiger partial charge in [-0.25, -0.2) is 0 Å². The zero-order valence-corrected chi connectivity index (χ0v) is 39.7. The minimum absolute atomic E-state index is 0.0145. The fourth-order valence-electron chi connectivity index (χ4n) is 6.28. The molecule has 0 N–H and O–H groups in total. The Morgan fingerprint density at radius 1 is 0.516 bits per heavy atom. The average Bonchev–Trinajstić information content (AvgIpc) is 3.23. The lowest BCUT2D eigenvalue weighted by Crippen LogP contribution is -2.55. The highest BCUT2D eigenvalue weighted by Crippen LogP contribution is 2.12. The molecule has 2 unspecified atom stereocenters. The molecule has 0 aromatic rings. The van der Waals surface area contributed by atoms with Gasteiger partial charge in [0.15, 0.2) is 6.10 Å². The van der Waals surface area contributed by atoms with Crippen LogP contribution in [0.2, 0.25) is 0 Å². The van der Waals surface area contributed by atoms with E-state index in [4.69, 9.17) is 14.2 Å². The van der Waals surface area contributed by atoms with E-state index in [-0.39, 0.29) is 49.1 Å². The van der Waals surface area contributed by atoms with Crippen molar-refractivity contribution in [2.45, 2.75) is 174 Å². The zero-order chi connectivity index (χ0) is 45.6. The Morgan fingerprint density at radius 3 is 1.48 bits per heavy atom. The third-order valence-corrected chi connectivity index (χ3v) is 9.99. The molecular formula is C54H87NO7. The number of unbranched alkanes of at least 4 members (excludes halogenated alkanes) is 12. The maximum atomic E-state index is 12.8. The third-order valence-electron chi connectivity index (χ3n) is 9.99. The molecule has 0 spiro atoms. The number of carbonyl (C=O) groups excluding carboxylic acids is 3. The summed E-state index contributed by atoms with van der Waals surface area (Å²) in [7, 11) is 5.38. The van der Waals surface area contributed by atoms with E-state index >= 15 is 0 Å². The number of aliphatic carboxylic acids is 1. The number of carboxylic acid groups (broad SMARTS) is 1. The number of hydrogen-bond donors (Lipinski definition) is 0. The van der Waals surface area contributed by atoms with E-state index in [1.165, 1.54) is 19.3 Å². The molecule has 0 fully saturated rings. The Bertz CT molecular complexity index is 1370. The molecule has 0 radical (unpaired) electrons. The van der Waals surface area contributed by atoms with Crippen LogP contribution < -0.4 is 5.11 Å². The molecular weight excluding hydrogens is 775 g/mol. The Labute approximate surface area is 378 Å². The van der Waals surface area contributed by atoms with Crippen molar-refractivity contribution in [3.63, 3.8) is 0 Å². The topological polar surface area (TPSA) is 102 Å². The number of rotatable bonds is 41. The zero-order valence-electron chi connectivity index (χ0n) is 39.7. The molecule has 0 rings (SSSR count). The second kappa shape index (κ2) is 43.6. The molecule has 0 saturated heterocycles. The molecule has 0 amide bonds. The number of esters is 2. The minimum Gasteiger partial charge on any atom is -0.544 e. The van der Waals surface area contributed by atoms with Crippen LogP contribution in [0.4, 0.5) is 0 Å². The van der Waals surface area contributed by atoms with E-state index in [2.05, 4.69) is 117 Å². The third kappa shape index (κ3) is 41.3. The first-order valence-corrected chi connectivity index (χ1v) is 24.0. The van der Waals surface area contributed by atoms with Crippen LogP contribution in [0.15, 0.2) is 109 Å². The van der Waals surface area contributed by atoms with Crippen molar-refractivity contribution in [1.29, 1.82) is 0 Å². The Balaban J connectivity index is 4.44. The van der Waals surface area contributed by atoms with Crippen molar-refractivity contribution < 1.29 is 38.2 Å². The smallest absolute Gasteiger partial charge is 0.306 e. The van der Waals surface area contributed by atoms with Crippen molar-refractivity contribution in [3.05, 3.63) is 109 Å². The van der Waals surface area contributed by atoms with Crippen LogP contribution in [0, 0.1) is 0 Å². The summed E-state index contributed by atoms with van der Waals surface area (Å²) in [6, 6.07) is -0.742. The molecule has 62 heavy (non-hydrogen) atoms. The highest BCUT2D eigenvalue weighted by atomic mass is 16.6. The summed E-state index contributed by atoms with van der Waals surface area (Å²) >= 11 is 0. The Hall–Kier alpha value is -4.01. The predicted octanol–water partition coefficient (Wildman–Crippen LogP) is 12.3. The molecule has 0 aliphatic carbocycles. The Kier molecular flexibility index (Phi) is 40.8. The second-order valence-electron chi connectivity index (χ2n) is 16.7. The number of carboxylic acids is 1. The number of likely N-dealkylation sites (N-methyl/N-ethyl adjacent to an activating group) is 1. The van der Waals surface area contributed by atoms with Crippen molar-refractivity contribution in [1.82, 2.24) is 0 Å². The summed E-state index contributed by atoms with van der Waals surface area (Å²) in [6.07, 6.45) is 59.6. The van der Waals surface area contributed by atoms with Crippen LogP contribution in [-0.2, 0) is 28.6 Å². The average molecular weight is 862 g/mol. The minimum atomic E-state index is -1.14. The standard InChI is InChI=1S/C54H87NO7/c1-6-8-10-12-14-16-18-20-22-24-26-27-29-31-33-35-37-39-41-43-45-53(57)62-50(48-60-47-46-51(54(58)59)55(3,4)5)49-61-52(56)44-42-40-38-36-34-32-30-28-25-23-21-19-17-15-13-11-9-7-2/h8,10,14-17,19-23,25-28,30-31,33,50-51H,6-7,9,11-13,18,24,29,32,34-49H2,1-5H3/b10-8+,16-14+,17-15+,21-19+,22-20+,25-23+,27-26+,30-28+,33-31+. The molecule has 8 heteroatoms. The van der Waals surface area contributed by atoms with E-state index in [9.17, 15) is 19.5 Å². The maximum Gasteiger partial charge on any atom is 0.306 e. The quantitative estimate of drug-likeness (QED) is 0.0198. The molecule has 0 aromatic carbocycles. The van der Waals surface area contributed by atoms with Crippen LogP contribution in [0.5, 0.6) is 0 Å². The highest BCUT2D eigenvalue weighted by Gasteiger charge is 2.25. The Morgan fingerprint density at radius 2 is 0.968 bits per heavy atom. The molecule has 350 valence electrons. The van der Waals surface area contributed by atoms with Gasteiger partial charge in [0, 0.05) is 19.3 Å². The van der Waals surface area contributed by atoms with Gasteiger partial charge in [0.25, 0.3) is 0 Å². The van der Waals surface area contributed by atoms with Gasteiger partial charge in [-0.05, 0) is 83.5 Å². The lowest BCUT2D eigenvalue weighted by Gasteiger charge is -2.34. The van der Waals surface area contributed by atoms with Gasteiger partial charge in [0.05, 0.1) is 40.3 Å². The number of ether oxygens (including phenoxy) is 3. The number of allylic oxidation sites excluding steroid dienone is 18. The van der Waals surface area contributed by atoms with E-state index in [0.717, 1.165) is 109 Å². The van der Waals surface area contributed by atoms with Gasteiger partial charge < -0.3 is 28.6 Å². The van der Waals surface area contributed by atoms with Gasteiger partial charge in [-0.1, -0.05) is 168 Å². The summed E-state index contributed by atoms with van der Waals surface area (Å²) in [5, 5.41) is 11.7. The van der Waals surface area contributed by atoms with Gasteiger partial charge in [-0.15, -0.1) is 0 Å². The van der Waals surface area contributed by atoms with Crippen molar-refractivity contribution in [2.75, 3.05) is 41.0 Å². The molecule has 0 aliphatic rings. The largest absolute Gasteiger partial charge is 0.544 e. The number of quaternary nitrogens is 1. The first-order chi connectivity index (χ1) is 30.1. The number of carbonyl (C=O) groups is 3. The van der Waals surface area contributed by atoms with E-state index in [0.29, 0.717) is 6.42 Å². The molecule has 0 saturated carbocycles. The van der Waals surface area contributed by atoms with E-state index in [1.54, 1.807) is 21.1 Å². The molecule has 0 bridgehead atoms. The van der Waals surface area contributed by atoms with Crippen LogP contribution >= 0.6 is 0 Å². The maximum absolute atomic E-state index is 12.8. The lowest BCUT2D eigenvalue weighted by molar-refractivity contribution is -0.889. The lowest BCUT2D eigenvalue weighted by atomic mass is 10.1. The molecule has 2 atom stereocenters. The fourth-order valence-corrected chi connectivity index (χ4v) is 6.28. The molecule has 0 heterocycles. The van der Waals surface area contributed by atoms with Crippen LogP contribution in [0.1, 0.15) is 162 Å². The SMILES string of the molecule is CC/C=C/C/C=C/C/C=C/C/C=C/C/C=C/CCCCCCC(=O)OC(COCCC(C(=O)[O-])[N+](C)(C)C)COC(=O)CCCCCCC/C=C/C=C/C=C/C=C/CCCCC. The van der Waals surface area contributed by atoms with Crippen LogP contribution in [0.25, 0.3) is 0 Å². The van der Waals surface area contributed by atoms with Crippen molar-refractivity contribution >= 4 is 17.9 Å². The summed E-state index contributed by atoms with van der Waals surface area (Å²) in [6.45, 7) is 4.44. The van der Waals surface area contributed by atoms with Gasteiger partial charge in [0.1, 0.15) is 12.6 Å². The van der Waals surface area contributed by atoms with Crippen LogP contribution in [-0.4, -0.2) is 75.5 Å². The highest BCUT2D eigenvalue weighted by molar-refractivity contribution is 5.70. The van der Waals surface area contributed by atoms with Gasteiger partial charge in [0.2, 0.25) is 0 Å². The first-order valence-electron chi connectivity index (χ1n) is 24.0. The van der Waals surface area contributed by atoms with Gasteiger partial charge >= 0.3 is 11.9 Å². The molecule has 8 nitrogen and oxygen atoms in total. The normalized spacial score (nSPS) is 13.9. The second-order valence-corrected chi connectivity index (χ2v) is 16.7. The van der Waals surface area contributed by atoms with Crippen LogP contribution in [0.3, 0.4) is 0 Å². The van der Waals surface area contributed by atoms with Gasteiger partial charge in [-0.3, -0.25) is 9.59 Å². The van der Waals surface area contributed by atoms with Crippen molar-refractivity contribution in [2.24, 2.45) is 0 Å². The summed E-state index contributed by atoms with van der Waals surface area (Å²) < 4.78 is 17.2. The van der Waals surface area contributed by atoms with Crippen molar-refractivity contribution in [3.8, 4) is 0 Å². The fraction of sp³-hybridized carbons (Fsp3) is 0.611. The monoisotopic (exact) mass is 862 g/mol. The molecule has 0 aromatic heterocycles. The summed E-state index contributed by atoms with van der Waals surface area (Å²) in [5.74, 6) is -1.81.